The predicted molar refractivity (Wildman–Crippen MR) is 90.7 cm³/mol. The van der Waals surface area contributed by atoms with Gasteiger partial charge in [-0.05, 0) is 43.3 Å². The molecule has 4 nitrogen and oxygen atoms in total. The van der Waals surface area contributed by atoms with E-state index in [0.29, 0.717) is 10.6 Å². The Morgan fingerprint density at radius 2 is 1.80 bits per heavy atom. The minimum Gasteiger partial charge on any atom is -0.325 e. The lowest BCUT2D eigenvalue weighted by molar-refractivity contribution is -0.124. The van der Waals surface area contributed by atoms with E-state index in [9.17, 15) is 18.4 Å². The molecule has 0 saturated carbocycles. The molecule has 1 aliphatic rings. The van der Waals surface area contributed by atoms with Gasteiger partial charge in [-0.3, -0.25) is 9.59 Å². The standard InChI is InChI=1S/C18H15ClF2N2O2/c1-11-17(24)23(16-7-6-14(20)10-15(16)21)9-8-22(11)18(25)12-2-4-13(19)5-3-12/h2-7,10-11H,8-9H2,1H3. The summed E-state index contributed by atoms with van der Waals surface area (Å²) in [6.07, 6.45) is 0. The Balaban J connectivity index is 1.81. The van der Waals surface area contributed by atoms with Crippen LogP contribution >= 0.6 is 11.6 Å². The van der Waals surface area contributed by atoms with Gasteiger partial charge in [0.05, 0.1) is 5.69 Å². The molecule has 0 aromatic heterocycles. The molecule has 3 rings (SSSR count). The summed E-state index contributed by atoms with van der Waals surface area (Å²) in [5.74, 6) is -2.23. The molecule has 0 radical (unpaired) electrons. The van der Waals surface area contributed by atoms with Crippen LogP contribution in [0, 0.1) is 11.6 Å². The second-order valence-corrected chi connectivity index (χ2v) is 6.20. The average Bonchev–Trinajstić information content (AvgIpc) is 2.58. The lowest BCUT2D eigenvalue weighted by Gasteiger charge is -2.39. The maximum absolute atomic E-state index is 14.0. The lowest BCUT2D eigenvalue weighted by Crippen LogP contribution is -2.58. The summed E-state index contributed by atoms with van der Waals surface area (Å²) in [5.41, 5.74) is 0.433. The normalized spacial score (nSPS) is 17.8. The Labute approximate surface area is 148 Å². The number of amides is 2. The van der Waals surface area contributed by atoms with Gasteiger partial charge in [-0.1, -0.05) is 11.6 Å². The molecular weight excluding hydrogens is 350 g/mol. The number of carbonyl (C=O) groups excluding carboxylic acids is 2. The van der Waals surface area contributed by atoms with Crippen molar-refractivity contribution >= 4 is 29.1 Å². The smallest absolute Gasteiger partial charge is 0.254 e. The first-order chi connectivity index (χ1) is 11.9. The van der Waals surface area contributed by atoms with Gasteiger partial charge in [0.2, 0.25) is 5.91 Å². The highest BCUT2D eigenvalue weighted by atomic mass is 35.5. The number of halogens is 3. The number of rotatable bonds is 2. The number of piperazine rings is 1. The molecule has 1 heterocycles. The summed E-state index contributed by atoms with van der Waals surface area (Å²) < 4.78 is 27.0. The van der Waals surface area contributed by atoms with Crippen molar-refractivity contribution in [3.05, 3.63) is 64.7 Å². The molecule has 0 aliphatic carbocycles. The zero-order valence-corrected chi connectivity index (χ0v) is 14.1. The van der Waals surface area contributed by atoms with Gasteiger partial charge in [-0.25, -0.2) is 8.78 Å². The first-order valence-corrected chi connectivity index (χ1v) is 8.09. The Morgan fingerprint density at radius 3 is 2.44 bits per heavy atom. The van der Waals surface area contributed by atoms with Crippen molar-refractivity contribution < 1.29 is 18.4 Å². The van der Waals surface area contributed by atoms with Crippen LogP contribution in [-0.2, 0) is 4.79 Å². The third-order valence-corrected chi connectivity index (χ3v) is 4.46. The zero-order chi connectivity index (χ0) is 18.1. The van der Waals surface area contributed by atoms with E-state index in [1.807, 2.05) is 0 Å². The molecule has 0 bridgehead atoms. The van der Waals surface area contributed by atoms with E-state index < -0.39 is 23.6 Å². The monoisotopic (exact) mass is 364 g/mol. The Morgan fingerprint density at radius 1 is 1.12 bits per heavy atom. The van der Waals surface area contributed by atoms with E-state index in [0.717, 1.165) is 12.1 Å². The van der Waals surface area contributed by atoms with Gasteiger partial charge >= 0.3 is 0 Å². The summed E-state index contributed by atoms with van der Waals surface area (Å²) in [6.45, 7) is 1.96. The topological polar surface area (TPSA) is 40.6 Å². The van der Waals surface area contributed by atoms with Crippen LogP contribution in [0.1, 0.15) is 17.3 Å². The molecule has 130 valence electrons. The first-order valence-electron chi connectivity index (χ1n) is 7.71. The molecule has 1 atom stereocenters. The second-order valence-electron chi connectivity index (χ2n) is 5.77. The van der Waals surface area contributed by atoms with Crippen molar-refractivity contribution in [2.24, 2.45) is 0 Å². The predicted octanol–water partition coefficient (Wildman–Crippen LogP) is 3.50. The Hall–Kier alpha value is -2.47. The highest BCUT2D eigenvalue weighted by molar-refractivity contribution is 6.30. The molecule has 1 unspecified atom stereocenters. The molecule has 2 aromatic rings. The van der Waals surface area contributed by atoms with Gasteiger partial charge in [-0.2, -0.15) is 0 Å². The molecule has 25 heavy (non-hydrogen) atoms. The van der Waals surface area contributed by atoms with Crippen molar-refractivity contribution in [2.45, 2.75) is 13.0 Å². The number of anilines is 1. The molecule has 2 aromatic carbocycles. The van der Waals surface area contributed by atoms with Crippen LogP contribution in [0.25, 0.3) is 0 Å². The van der Waals surface area contributed by atoms with Crippen molar-refractivity contribution in [2.75, 3.05) is 18.0 Å². The van der Waals surface area contributed by atoms with Crippen LogP contribution in [-0.4, -0.2) is 35.8 Å². The number of hydrogen-bond acceptors (Lipinski definition) is 2. The summed E-state index contributed by atoms with van der Waals surface area (Å²) in [6, 6.07) is 8.69. The summed E-state index contributed by atoms with van der Waals surface area (Å²) in [5, 5.41) is 0.511. The Kier molecular flexibility index (Phi) is 4.72. The van der Waals surface area contributed by atoms with Crippen molar-refractivity contribution in [3.63, 3.8) is 0 Å². The third kappa shape index (κ3) is 3.35. The largest absolute Gasteiger partial charge is 0.325 e. The molecule has 7 heteroatoms. The molecule has 1 aliphatic heterocycles. The molecule has 2 amide bonds. The van der Waals surface area contributed by atoms with Crippen molar-refractivity contribution in [3.8, 4) is 0 Å². The maximum Gasteiger partial charge on any atom is 0.254 e. The fraction of sp³-hybridized carbons (Fsp3) is 0.222. The highest BCUT2D eigenvalue weighted by Gasteiger charge is 2.36. The lowest BCUT2D eigenvalue weighted by atomic mass is 10.1. The van der Waals surface area contributed by atoms with Crippen molar-refractivity contribution in [1.82, 2.24) is 4.90 Å². The van der Waals surface area contributed by atoms with Gasteiger partial charge in [-0.15, -0.1) is 0 Å². The SMILES string of the molecule is CC1C(=O)N(c2ccc(F)cc2F)CCN1C(=O)c1ccc(Cl)cc1. The van der Waals surface area contributed by atoms with E-state index in [-0.39, 0.29) is 24.7 Å². The number of benzene rings is 2. The minimum atomic E-state index is -0.807. The van der Waals surface area contributed by atoms with E-state index in [1.165, 1.54) is 15.9 Å². The molecule has 1 fully saturated rings. The highest BCUT2D eigenvalue weighted by Crippen LogP contribution is 2.25. The molecule has 0 N–H and O–H groups in total. The van der Waals surface area contributed by atoms with Crippen LogP contribution in [0.2, 0.25) is 5.02 Å². The average molecular weight is 365 g/mol. The second kappa shape index (κ2) is 6.80. The van der Waals surface area contributed by atoms with Crippen LogP contribution < -0.4 is 4.90 Å². The molecule has 0 spiro atoms. The number of carbonyl (C=O) groups is 2. The fourth-order valence-electron chi connectivity index (χ4n) is 2.85. The van der Waals surface area contributed by atoms with E-state index in [1.54, 1.807) is 31.2 Å². The van der Waals surface area contributed by atoms with Crippen molar-refractivity contribution in [1.29, 1.82) is 0 Å². The van der Waals surface area contributed by atoms with Gasteiger partial charge in [0.1, 0.15) is 17.7 Å². The Bertz CT molecular complexity index is 826. The first kappa shape index (κ1) is 17.4. The zero-order valence-electron chi connectivity index (χ0n) is 13.4. The summed E-state index contributed by atoms with van der Waals surface area (Å²) >= 11 is 5.82. The molecular formula is C18H15ClF2N2O2. The summed E-state index contributed by atoms with van der Waals surface area (Å²) in [7, 11) is 0. The van der Waals surface area contributed by atoms with Crippen LogP contribution in [0.5, 0.6) is 0 Å². The van der Waals surface area contributed by atoms with Gasteiger partial charge in [0, 0.05) is 29.7 Å². The van der Waals surface area contributed by atoms with Crippen LogP contribution in [0.3, 0.4) is 0 Å². The number of nitrogens with zero attached hydrogens (tertiary/aromatic N) is 2. The number of hydrogen-bond donors (Lipinski definition) is 0. The van der Waals surface area contributed by atoms with Gasteiger partial charge < -0.3 is 9.80 Å². The quantitative estimate of drug-likeness (QED) is 0.818. The third-order valence-electron chi connectivity index (χ3n) is 4.21. The van der Waals surface area contributed by atoms with Crippen LogP contribution in [0.4, 0.5) is 14.5 Å². The van der Waals surface area contributed by atoms with Gasteiger partial charge in [0.15, 0.2) is 0 Å². The van der Waals surface area contributed by atoms with Crippen LogP contribution in [0.15, 0.2) is 42.5 Å². The van der Waals surface area contributed by atoms with E-state index in [4.69, 9.17) is 11.6 Å². The molecule has 1 saturated heterocycles. The summed E-state index contributed by atoms with van der Waals surface area (Å²) in [4.78, 5) is 27.9. The maximum atomic E-state index is 14.0. The fourth-order valence-corrected chi connectivity index (χ4v) is 2.97. The van der Waals surface area contributed by atoms with E-state index in [2.05, 4.69) is 0 Å². The van der Waals surface area contributed by atoms with E-state index >= 15 is 0 Å². The minimum absolute atomic E-state index is 0.0110. The van der Waals surface area contributed by atoms with Gasteiger partial charge in [0.25, 0.3) is 5.91 Å².